The standard InChI is InChI=1S/C20H18N2O2/c23-12-15-3-1-14(2-4-15)10-22-8-7-20-18(11-22)17-9-16(13-24)5-6-19(17)21-20/h1-6,9,12-13,21H,7-8,10-11H2. The fraction of sp³-hybridized carbons (Fsp3) is 0.200. The molecule has 0 spiro atoms. The van der Waals surface area contributed by atoms with E-state index in [9.17, 15) is 9.59 Å². The lowest BCUT2D eigenvalue weighted by atomic mass is 10.0. The Hall–Kier alpha value is -2.72. The SMILES string of the molecule is O=Cc1ccc(CN2CCc3[nH]c4ccc(C=O)cc4c3C2)cc1. The van der Waals surface area contributed by atoms with Crippen LogP contribution in [-0.2, 0) is 19.5 Å². The van der Waals surface area contributed by atoms with Gasteiger partial charge in [0.1, 0.15) is 12.6 Å². The van der Waals surface area contributed by atoms with Gasteiger partial charge in [-0.15, -0.1) is 0 Å². The van der Waals surface area contributed by atoms with Crippen molar-refractivity contribution in [2.24, 2.45) is 0 Å². The summed E-state index contributed by atoms with van der Waals surface area (Å²) in [7, 11) is 0. The molecule has 1 N–H and O–H groups in total. The van der Waals surface area contributed by atoms with Crippen LogP contribution in [0.3, 0.4) is 0 Å². The zero-order valence-corrected chi connectivity index (χ0v) is 13.3. The molecule has 0 radical (unpaired) electrons. The second-order valence-corrected chi connectivity index (χ2v) is 6.33. The van der Waals surface area contributed by atoms with Crippen molar-refractivity contribution in [1.82, 2.24) is 9.88 Å². The minimum absolute atomic E-state index is 0.706. The predicted molar refractivity (Wildman–Crippen MR) is 93.3 cm³/mol. The summed E-state index contributed by atoms with van der Waals surface area (Å²) in [5.74, 6) is 0. The molecule has 0 unspecified atom stereocenters. The van der Waals surface area contributed by atoms with Crippen LogP contribution in [0.4, 0.5) is 0 Å². The topological polar surface area (TPSA) is 53.2 Å². The highest BCUT2D eigenvalue weighted by molar-refractivity contribution is 5.90. The van der Waals surface area contributed by atoms with Crippen LogP contribution in [0.5, 0.6) is 0 Å². The van der Waals surface area contributed by atoms with Crippen LogP contribution in [-0.4, -0.2) is 29.0 Å². The molecular weight excluding hydrogens is 300 g/mol. The normalized spacial score (nSPS) is 14.5. The Morgan fingerprint density at radius 1 is 1.00 bits per heavy atom. The maximum Gasteiger partial charge on any atom is 0.150 e. The second kappa shape index (κ2) is 6.06. The van der Waals surface area contributed by atoms with Crippen LogP contribution in [0.15, 0.2) is 42.5 Å². The molecule has 4 nitrogen and oxygen atoms in total. The van der Waals surface area contributed by atoms with Crippen molar-refractivity contribution in [3.8, 4) is 0 Å². The molecule has 0 bridgehead atoms. The molecule has 3 aromatic rings. The largest absolute Gasteiger partial charge is 0.358 e. The van der Waals surface area contributed by atoms with Gasteiger partial charge in [0.2, 0.25) is 0 Å². The summed E-state index contributed by atoms with van der Waals surface area (Å²) in [6, 6.07) is 13.6. The van der Waals surface area contributed by atoms with Crippen molar-refractivity contribution in [2.75, 3.05) is 6.54 Å². The van der Waals surface area contributed by atoms with Crippen LogP contribution in [0, 0.1) is 0 Å². The third-order valence-corrected chi connectivity index (χ3v) is 4.74. The van der Waals surface area contributed by atoms with E-state index in [1.807, 2.05) is 42.5 Å². The van der Waals surface area contributed by atoms with Crippen molar-refractivity contribution in [3.63, 3.8) is 0 Å². The second-order valence-electron chi connectivity index (χ2n) is 6.33. The molecule has 1 aliphatic rings. The van der Waals surface area contributed by atoms with E-state index >= 15 is 0 Å². The molecule has 0 atom stereocenters. The van der Waals surface area contributed by atoms with Gasteiger partial charge in [-0.3, -0.25) is 14.5 Å². The first-order chi connectivity index (χ1) is 11.8. The number of hydrogen-bond donors (Lipinski definition) is 1. The number of nitrogens with zero attached hydrogens (tertiary/aromatic N) is 1. The highest BCUT2D eigenvalue weighted by Gasteiger charge is 2.20. The van der Waals surface area contributed by atoms with Crippen LogP contribution >= 0.6 is 0 Å². The van der Waals surface area contributed by atoms with E-state index in [1.165, 1.54) is 16.8 Å². The third-order valence-electron chi connectivity index (χ3n) is 4.74. The summed E-state index contributed by atoms with van der Waals surface area (Å²) < 4.78 is 0. The summed E-state index contributed by atoms with van der Waals surface area (Å²) in [5, 5.41) is 1.15. The van der Waals surface area contributed by atoms with Crippen LogP contribution in [0.25, 0.3) is 10.9 Å². The molecule has 1 aromatic heterocycles. The summed E-state index contributed by atoms with van der Waals surface area (Å²) in [5.41, 5.74) is 6.30. The quantitative estimate of drug-likeness (QED) is 0.751. The van der Waals surface area contributed by atoms with Crippen LogP contribution in [0.2, 0.25) is 0 Å². The first kappa shape index (κ1) is 14.8. The first-order valence-electron chi connectivity index (χ1n) is 8.12. The van der Waals surface area contributed by atoms with Gasteiger partial charge < -0.3 is 4.98 Å². The molecule has 1 aliphatic heterocycles. The molecule has 0 saturated heterocycles. The van der Waals surface area contributed by atoms with Gasteiger partial charge in [0.05, 0.1) is 0 Å². The summed E-state index contributed by atoms with van der Waals surface area (Å²) in [6.45, 7) is 2.72. The van der Waals surface area contributed by atoms with Crippen LogP contribution in [0.1, 0.15) is 37.5 Å². The number of H-pyrrole nitrogens is 1. The third kappa shape index (κ3) is 2.65. The minimum Gasteiger partial charge on any atom is -0.358 e. The molecule has 0 amide bonds. The van der Waals surface area contributed by atoms with E-state index in [0.29, 0.717) is 11.1 Å². The van der Waals surface area contributed by atoms with Crippen molar-refractivity contribution in [2.45, 2.75) is 19.5 Å². The maximum absolute atomic E-state index is 11.1. The van der Waals surface area contributed by atoms with Gasteiger partial charge in [-0.1, -0.05) is 24.3 Å². The highest BCUT2D eigenvalue weighted by Crippen LogP contribution is 2.29. The van der Waals surface area contributed by atoms with Gasteiger partial charge in [0, 0.05) is 53.8 Å². The number of nitrogens with one attached hydrogen (secondary N) is 1. The van der Waals surface area contributed by atoms with E-state index in [-0.39, 0.29) is 0 Å². The summed E-state index contributed by atoms with van der Waals surface area (Å²) >= 11 is 0. The van der Waals surface area contributed by atoms with E-state index in [4.69, 9.17) is 0 Å². The molecule has 2 aromatic carbocycles. The number of aromatic nitrogens is 1. The van der Waals surface area contributed by atoms with Crippen molar-refractivity contribution in [1.29, 1.82) is 0 Å². The fourth-order valence-corrected chi connectivity index (χ4v) is 3.46. The molecule has 0 aliphatic carbocycles. The smallest absolute Gasteiger partial charge is 0.150 e. The highest BCUT2D eigenvalue weighted by atomic mass is 16.1. The molecule has 4 heteroatoms. The number of carbonyl (C=O) groups is 2. The van der Waals surface area contributed by atoms with Crippen molar-refractivity contribution >= 4 is 23.5 Å². The van der Waals surface area contributed by atoms with Gasteiger partial charge in [-0.2, -0.15) is 0 Å². The Bertz CT molecular complexity index is 909. The predicted octanol–water partition coefficient (Wildman–Crippen LogP) is 3.35. The average molecular weight is 318 g/mol. The van der Waals surface area contributed by atoms with Gasteiger partial charge in [0.25, 0.3) is 0 Å². The zero-order valence-electron chi connectivity index (χ0n) is 13.3. The number of carbonyl (C=O) groups excluding carboxylic acids is 2. The average Bonchev–Trinajstić information content (AvgIpc) is 2.99. The monoisotopic (exact) mass is 318 g/mol. The molecule has 2 heterocycles. The molecular formula is C20H18N2O2. The lowest BCUT2D eigenvalue weighted by Crippen LogP contribution is -2.29. The Labute approximate surface area is 140 Å². The number of aldehydes is 2. The van der Waals surface area contributed by atoms with Crippen molar-refractivity contribution in [3.05, 3.63) is 70.4 Å². The Kier molecular flexibility index (Phi) is 3.75. The van der Waals surface area contributed by atoms with Crippen LogP contribution < -0.4 is 0 Å². The maximum atomic E-state index is 11.1. The number of benzene rings is 2. The van der Waals surface area contributed by atoms with E-state index < -0.39 is 0 Å². The van der Waals surface area contributed by atoms with E-state index in [1.54, 1.807) is 0 Å². The number of aromatic amines is 1. The number of hydrogen-bond acceptors (Lipinski definition) is 3. The minimum atomic E-state index is 0.706. The Morgan fingerprint density at radius 2 is 1.75 bits per heavy atom. The van der Waals surface area contributed by atoms with Gasteiger partial charge >= 0.3 is 0 Å². The lowest BCUT2D eigenvalue weighted by Gasteiger charge is -2.27. The van der Waals surface area contributed by atoms with Gasteiger partial charge in [0.15, 0.2) is 0 Å². The molecule has 0 saturated carbocycles. The number of fused-ring (bicyclic) bond motifs is 3. The molecule has 4 rings (SSSR count). The summed E-state index contributed by atoms with van der Waals surface area (Å²) in [4.78, 5) is 27.7. The Morgan fingerprint density at radius 3 is 2.50 bits per heavy atom. The first-order valence-corrected chi connectivity index (χ1v) is 8.12. The van der Waals surface area contributed by atoms with E-state index in [0.717, 1.165) is 49.5 Å². The van der Waals surface area contributed by atoms with E-state index in [2.05, 4.69) is 9.88 Å². The number of rotatable bonds is 4. The fourth-order valence-electron chi connectivity index (χ4n) is 3.46. The molecule has 120 valence electrons. The Balaban J connectivity index is 1.59. The van der Waals surface area contributed by atoms with Gasteiger partial charge in [-0.05, 0) is 29.3 Å². The molecule has 0 fully saturated rings. The van der Waals surface area contributed by atoms with Crippen molar-refractivity contribution < 1.29 is 9.59 Å². The lowest BCUT2D eigenvalue weighted by molar-refractivity contribution is 0.111. The van der Waals surface area contributed by atoms with Gasteiger partial charge in [-0.25, -0.2) is 0 Å². The zero-order chi connectivity index (χ0) is 16.5. The molecule has 24 heavy (non-hydrogen) atoms. The summed E-state index contributed by atoms with van der Waals surface area (Å²) in [6.07, 6.45) is 2.74.